The van der Waals surface area contributed by atoms with E-state index in [9.17, 15) is 4.79 Å². The van der Waals surface area contributed by atoms with Crippen LogP contribution in [0.15, 0.2) is 60.8 Å². The summed E-state index contributed by atoms with van der Waals surface area (Å²) in [5, 5.41) is 3.10. The molecule has 0 radical (unpaired) electrons. The normalized spacial score (nSPS) is 10.5. The van der Waals surface area contributed by atoms with Gasteiger partial charge in [0.1, 0.15) is 11.5 Å². The molecule has 0 aromatic heterocycles. The second-order valence-electron chi connectivity index (χ2n) is 4.66. The van der Waals surface area contributed by atoms with Crippen LogP contribution in [0.4, 0.5) is 0 Å². The summed E-state index contributed by atoms with van der Waals surface area (Å²) in [6.45, 7) is 0.649. The molecule has 22 heavy (non-hydrogen) atoms. The molecule has 0 fully saturated rings. The van der Waals surface area contributed by atoms with Gasteiger partial charge in [0.05, 0.1) is 14.2 Å². The number of nitrogens with one attached hydrogen (secondary N) is 1. The molecule has 0 saturated heterocycles. The number of carbonyl (C=O) groups excluding carboxylic acids is 1. The molecule has 0 bridgehead atoms. The molecular weight excluding hydrogens is 278 g/mol. The lowest BCUT2D eigenvalue weighted by molar-refractivity contribution is 0.104. The van der Waals surface area contributed by atoms with Crippen LogP contribution in [-0.2, 0) is 6.54 Å². The van der Waals surface area contributed by atoms with Crippen molar-refractivity contribution in [1.29, 1.82) is 0 Å². The van der Waals surface area contributed by atoms with E-state index < -0.39 is 0 Å². The Morgan fingerprint density at radius 1 is 0.955 bits per heavy atom. The van der Waals surface area contributed by atoms with E-state index >= 15 is 0 Å². The molecule has 4 nitrogen and oxygen atoms in total. The first-order valence-electron chi connectivity index (χ1n) is 6.94. The van der Waals surface area contributed by atoms with Gasteiger partial charge >= 0.3 is 0 Å². The summed E-state index contributed by atoms with van der Waals surface area (Å²) in [6, 6.07) is 14.8. The van der Waals surface area contributed by atoms with Gasteiger partial charge in [-0.25, -0.2) is 0 Å². The molecule has 4 heteroatoms. The first kappa shape index (κ1) is 15.6. The van der Waals surface area contributed by atoms with Crippen molar-refractivity contribution >= 4 is 5.78 Å². The summed E-state index contributed by atoms with van der Waals surface area (Å²) in [7, 11) is 3.24. The standard InChI is InChI=1S/C18H19NO3/c1-21-16-7-3-14(4-8-16)13-19-12-11-18(20)15-5-9-17(22-2)10-6-15/h3-12,19H,13H2,1-2H3/b12-11+. The molecule has 0 aliphatic rings. The predicted octanol–water partition coefficient (Wildman–Crippen LogP) is 3.19. The molecule has 2 rings (SSSR count). The van der Waals surface area contributed by atoms with Gasteiger partial charge in [0.2, 0.25) is 0 Å². The van der Waals surface area contributed by atoms with Crippen molar-refractivity contribution in [1.82, 2.24) is 5.32 Å². The summed E-state index contributed by atoms with van der Waals surface area (Å²) in [4.78, 5) is 12.0. The van der Waals surface area contributed by atoms with Crippen LogP contribution in [0.5, 0.6) is 11.5 Å². The Hall–Kier alpha value is -2.75. The molecule has 0 saturated carbocycles. The van der Waals surface area contributed by atoms with Gasteiger partial charge in [0.15, 0.2) is 5.78 Å². The van der Waals surface area contributed by atoms with Crippen LogP contribution in [0, 0.1) is 0 Å². The molecular formula is C18H19NO3. The number of allylic oxidation sites excluding steroid dienone is 1. The highest BCUT2D eigenvalue weighted by molar-refractivity contribution is 6.04. The highest BCUT2D eigenvalue weighted by Crippen LogP contribution is 2.12. The van der Waals surface area contributed by atoms with Crippen LogP contribution in [0.3, 0.4) is 0 Å². The summed E-state index contributed by atoms with van der Waals surface area (Å²) >= 11 is 0. The average Bonchev–Trinajstić information content (AvgIpc) is 2.59. The maximum atomic E-state index is 12.0. The van der Waals surface area contributed by atoms with Gasteiger partial charge in [-0.3, -0.25) is 4.79 Å². The quantitative estimate of drug-likeness (QED) is 0.630. The topological polar surface area (TPSA) is 47.6 Å². The Morgan fingerprint density at radius 3 is 2.05 bits per heavy atom. The van der Waals surface area contributed by atoms with Crippen LogP contribution in [0.25, 0.3) is 0 Å². The molecule has 2 aromatic rings. The number of rotatable bonds is 7. The fraction of sp³-hybridized carbons (Fsp3) is 0.167. The molecule has 0 amide bonds. The Balaban J connectivity index is 1.84. The van der Waals surface area contributed by atoms with Crippen LogP contribution < -0.4 is 14.8 Å². The number of carbonyl (C=O) groups is 1. The number of methoxy groups -OCH3 is 2. The van der Waals surface area contributed by atoms with Gasteiger partial charge in [-0.2, -0.15) is 0 Å². The lowest BCUT2D eigenvalue weighted by atomic mass is 10.1. The number of ether oxygens (including phenoxy) is 2. The van der Waals surface area contributed by atoms with Crippen LogP contribution in [-0.4, -0.2) is 20.0 Å². The number of ketones is 1. The maximum absolute atomic E-state index is 12.0. The SMILES string of the molecule is COc1ccc(CN/C=C/C(=O)c2ccc(OC)cc2)cc1. The van der Waals surface area contributed by atoms with Crippen molar-refractivity contribution in [2.45, 2.75) is 6.54 Å². The van der Waals surface area contributed by atoms with E-state index in [2.05, 4.69) is 5.32 Å². The first-order chi connectivity index (χ1) is 10.7. The van der Waals surface area contributed by atoms with Gasteiger partial charge in [-0.05, 0) is 42.0 Å². The summed E-state index contributed by atoms with van der Waals surface area (Å²) in [5.74, 6) is 1.51. The highest BCUT2D eigenvalue weighted by atomic mass is 16.5. The Morgan fingerprint density at radius 2 is 1.50 bits per heavy atom. The lowest BCUT2D eigenvalue weighted by Crippen LogP contribution is -2.05. The molecule has 0 aliphatic carbocycles. The zero-order chi connectivity index (χ0) is 15.8. The van der Waals surface area contributed by atoms with Crippen molar-refractivity contribution in [2.24, 2.45) is 0 Å². The van der Waals surface area contributed by atoms with Crippen molar-refractivity contribution in [3.05, 3.63) is 71.9 Å². The van der Waals surface area contributed by atoms with Gasteiger partial charge in [0, 0.05) is 24.4 Å². The monoisotopic (exact) mass is 297 g/mol. The Labute approximate surface area is 130 Å². The van der Waals surface area contributed by atoms with E-state index in [-0.39, 0.29) is 5.78 Å². The number of hydrogen-bond donors (Lipinski definition) is 1. The highest BCUT2D eigenvalue weighted by Gasteiger charge is 2.01. The zero-order valence-corrected chi connectivity index (χ0v) is 12.7. The predicted molar refractivity (Wildman–Crippen MR) is 86.3 cm³/mol. The molecule has 0 aliphatic heterocycles. The van der Waals surface area contributed by atoms with E-state index in [1.165, 1.54) is 6.08 Å². The molecule has 0 atom stereocenters. The fourth-order valence-corrected chi connectivity index (χ4v) is 1.91. The largest absolute Gasteiger partial charge is 0.497 e. The second kappa shape index (κ2) is 7.88. The van der Waals surface area contributed by atoms with Gasteiger partial charge in [-0.1, -0.05) is 12.1 Å². The maximum Gasteiger partial charge on any atom is 0.187 e. The number of benzene rings is 2. The smallest absolute Gasteiger partial charge is 0.187 e. The third-order valence-electron chi connectivity index (χ3n) is 3.19. The fourth-order valence-electron chi connectivity index (χ4n) is 1.91. The Bertz CT molecular complexity index is 630. The van der Waals surface area contributed by atoms with E-state index in [0.717, 1.165) is 17.1 Å². The average molecular weight is 297 g/mol. The van der Waals surface area contributed by atoms with Gasteiger partial charge in [-0.15, -0.1) is 0 Å². The van der Waals surface area contributed by atoms with Crippen molar-refractivity contribution < 1.29 is 14.3 Å². The molecule has 0 spiro atoms. The summed E-state index contributed by atoms with van der Waals surface area (Å²) in [5.41, 5.74) is 1.74. The van der Waals surface area contributed by atoms with Crippen molar-refractivity contribution in [2.75, 3.05) is 14.2 Å². The molecule has 1 N–H and O–H groups in total. The third-order valence-corrected chi connectivity index (χ3v) is 3.19. The summed E-state index contributed by atoms with van der Waals surface area (Å²) in [6.07, 6.45) is 3.18. The van der Waals surface area contributed by atoms with Crippen LogP contribution in [0.2, 0.25) is 0 Å². The van der Waals surface area contributed by atoms with Crippen LogP contribution >= 0.6 is 0 Å². The molecule has 114 valence electrons. The molecule has 2 aromatic carbocycles. The van der Waals surface area contributed by atoms with Crippen LogP contribution in [0.1, 0.15) is 15.9 Å². The molecule has 0 heterocycles. The van der Waals surface area contributed by atoms with Crippen molar-refractivity contribution in [3.63, 3.8) is 0 Å². The minimum Gasteiger partial charge on any atom is -0.497 e. The van der Waals surface area contributed by atoms with E-state index in [4.69, 9.17) is 9.47 Å². The lowest BCUT2D eigenvalue weighted by Gasteiger charge is -2.03. The Kier molecular flexibility index (Phi) is 5.60. The minimum absolute atomic E-state index is 0.0510. The first-order valence-corrected chi connectivity index (χ1v) is 6.94. The number of hydrogen-bond acceptors (Lipinski definition) is 4. The van der Waals surface area contributed by atoms with E-state index in [1.807, 2.05) is 24.3 Å². The van der Waals surface area contributed by atoms with Gasteiger partial charge in [0.25, 0.3) is 0 Å². The van der Waals surface area contributed by atoms with E-state index in [0.29, 0.717) is 12.1 Å². The summed E-state index contributed by atoms with van der Waals surface area (Å²) < 4.78 is 10.2. The second-order valence-corrected chi connectivity index (χ2v) is 4.66. The zero-order valence-electron chi connectivity index (χ0n) is 12.7. The van der Waals surface area contributed by atoms with Gasteiger partial charge < -0.3 is 14.8 Å². The minimum atomic E-state index is -0.0510. The van der Waals surface area contributed by atoms with Crippen molar-refractivity contribution in [3.8, 4) is 11.5 Å². The third kappa shape index (κ3) is 4.38. The molecule has 0 unspecified atom stereocenters. The van der Waals surface area contributed by atoms with E-state index in [1.54, 1.807) is 44.7 Å².